The molecule has 4 rings (SSSR count). The Morgan fingerprint density at radius 1 is 1.11 bits per heavy atom. The molecule has 4 aromatic rings. The van der Waals surface area contributed by atoms with Crippen molar-refractivity contribution in [2.24, 2.45) is 0 Å². The van der Waals surface area contributed by atoms with E-state index in [1.165, 1.54) is 12.0 Å². The number of ether oxygens (including phenoxy) is 1. The smallest absolute Gasteiger partial charge is 0.249 e. The highest BCUT2D eigenvalue weighted by atomic mass is 35.5. The van der Waals surface area contributed by atoms with Crippen LogP contribution in [0, 0.1) is 13.8 Å². The number of benzene rings is 2. The Hall–Kier alpha value is -3.84. The minimum Gasteiger partial charge on any atom is -0.481 e. The quantitative estimate of drug-likeness (QED) is 0.361. The van der Waals surface area contributed by atoms with E-state index in [1.807, 2.05) is 56.3 Å². The lowest BCUT2D eigenvalue weighted by molar-refractivity contribution is -0.127. The van der Waals surface area contributed by atoms with Crippen LogP contribution in [0.4, 0.5) is 5.69 Å². The van der Waals surface area contributed by atoms with Crippen molar-refractivity contribution in [1.29, 1.82) is 0 Å². The lowest BCUT2D eigenvalue weighted by Gasteiger charge is -2.25. The van der Waals surface area contributed by atoms with Gasteiger partial charge in [-0.05, 0) is 42.7 Å². The summed E-state index contributed by atoms with van der Waals surface area (Å²) in [5.41, 5.74) is 5.16. The van der Waals surface area contributed by atoms with Crippen molar-refractivity contribution in [2.45, 2.75) is 32.7 Å². The Bertz CT molecular complexity index is 1380. The lowest BCUT2D eigenvalue weighted by Crippen LogP contribution is -2.49. The van der Waals surface area contributed by atoms with Gasteiger partial charge in [0.2, 0.25) is 17.7 Å². The van der Waals surface area contributed by atoms with Crippen LogP contribution in [0.2, 0.25) is 5.02 Å². The summed E-state index contributed by atoms with van der Waals surface area (Å²) in [6.45, 7) is 3.92. The summed E-state index contributed by atoms with van der Waals surface area (Å²) in [6.07, 6.45) is 2.05. The molecule has 2 aromatic heterocycles. The van der Waals surface area contributed by atoms with Crippen LogP contribution in [0.15, 0.2) is 60.8 Å². The van der Waals surface area contributed by atoms with E-state index in [0.29, 0.717) is 23.0 Å². The first-order valence-electron chi connectivity index (χ1n) is 11.7. The fourth-order valence-corrected chi connectivity index (χ4v) is 4.58. The molecule has 0 saturated heterocycles. The Morgan fingerprint density at radius 2 is 1.86 bits per heavy atom. The third kappa shape index (κ3) is 5.36. The number of halogens is 1. The highest BCUT2D eigenvalue weighted by molar-refractivity contribution is 6.35. The zero-order valence-corrected chi connectivity index (χ0v) is 21.5. The molecule has 0 saturated carbocycles. The standard InChI is InChI=1S/C28H29ClN4O3/c1-17-10-12-22(29)27-26(17)21(18(2)31-27)15-24(34)32-23(14-19-8-6-5-7-9-19)28(35)33(3)20-11-13-25(36-4)30-16-20/h5-13,16,23,31H,14-15H2,1-4H3,(H,32,34)/t23-/m0/s1. The van der Waals surface area contributed by atoms with Gasteiger partial charge in [-0.25, -0.2) is 4.98 Å². The van der Waals surface area contributed by atoms with Gasteiger partial charge in [-0.2, -0.15) is 0 Å². The van der Waals surface area contributed by atoms with Gasteiger partial charge in [-0.15, -0.1) is 0 Å². The van der Waals surface area contributed by atoms with E-state index in [-0.39, 0.29) is 18.2 Å². The number of hydrogen-bond acceptors (Lipinski definition) is 4. The summed E-state index contributed by atoms with van der Waals surface area (Å²) in [7, 11) is 3.21. The summed E-state index contributed by atoms with van der Waals surface area (Å²) in [5.74, 6) is -0.0267. The van der Waals surface area contributed by atoms with E-state index >= 15 is 0 Å². The SMILES string of the molecule is COc1ccc(N(C)C(=O)[C@H](Cc2ccccc2)NC(=O)Cc2c(C)[nH]c3c(Cl)ccc(C)c23)cn1. The number of carbonyl (C=O) groups excluding carboxylic acids is 2. The first-order chi connectivity index (χ1) is 17.3. The predicted octanol–water partition coefficient (Wildman–Crippen LogP) is 4.77. The van der Waals surface area contributed by atoms with Crippen LogP contribution in [-0.4, -0.2) is 42.0 Å². The number of hydrogen-bond donors (Lipinski definition) is 2. The predicted molar refractivity (Wildman–Crippen MR) is 143 cm³/mol. The van der Waals surface area contributed by atoms with Crippen LogP contribution in [0.1, 0.15) is 22.4 Å². The Kier molecular flexibility index (Phi) is 7.60. The van der Waals surface area contributed by atoms with Gasteiger partial charge < -0.3 is 19.9 Å². The number of rotatable bonds is 8. The second-order valence-electron chi connectivity index (χ2n) is 8.79. The maximum absolute atomic E-state index is 13.5. The van der Waals surface area contributed by atoms with Crippen molar-refractivity contribution >= 4 is 40.0 Å². The normalized spacial score (nSPS) is 11.8. The summed E-state index contributed by atoms with van der Waals surface area (Å²) < 4.78 is 5.11. The molecule has 8 heteroatoms. The molecule has 0 radical (unpaired) electrons. The summed E-state index contributed by atoms with van der Waals surface area (Å²) in [6, 6.07) is 16.1. The Morgan fingerprint density at radius 3 is 2.53 bits per heavy atom. The number of aromatic amines is 1. The van der Waals surface area contributed by atoms with Crippen molar-refractivity contribution in [3.05, 3.63) is 88.2 Å². The van der Waals surface area contributed by atoms with Crippen LogP contribution in [0.5, 0.6) is 5.88 Å². The van der Waals surface area contributed by atoms with Crippen molar-refractivity contribution in [3.8, 4) is 5.88 Å². The van der Waals surface area contributed by atoms with E-state index in [9.17, 15) is 9.59 Å². The second kappa shape index (κ2) is 10.8. The number of anilines is 1. The third-order valence-corrected chi connectivity index (χ3v) is 6.65. The number of carbonyl (C=O) groups is 2. The largest absolute Gasteiger partial charge is 0.481 e. The molecule has 0 bridgehead atoms. The molecule has 2 N–H and O–H groups in total. The number of H-pyrrole nitrogens is 1. The molecule has 2 amide bonds. The molecular weight excluding hydrogens is 476 g/mol. The molecule has 186 valence electrons. The average molecular weight is 505 g/mol. The number of nitrogens with zero attached hydrogens (tertiary/aromatic N) is 2. The fourth-order valence-electron chi connectivity index (χ4n) is 4.37. The maximum atomic E-state index is 13.5. The molecule has 0 aliphatic carbocycles. The molecule has 36 heavy (non-hydrogen) atoms. The second-order valence-corrected chi connectivity index (χ2v) is 9.19. The van der Waals surface area contributed by atoms with Gasteiger partial charge in [0.15, 0.2) is 0 Å². The number of fused-ring (bicyclic) bond motifs is 1. The summed E-state index contributed by atoms with van der Waals surface area (Å²) >= 11 is 6.38. The number of aryl methyl sites for hydroxylation is 2. The molecule has 1 atom stereocenters. The average Bonchev–Trinajstić information content (AvgIpc) is 3.22. The van der Waals surface area contributed by atoms with Crippen LogP contribution in [0.3, 0.4) is 0 Å². The Balaban J connectivity index is 1.59. The molecule has 0 aliphatic heterocycles. The van der Waals surface area contributed by atoms with Gasteiger partial charge in [0.25, 0.3) is 0 Å². The summed E-state index contributed by atoms with van der Waals surface area (Å²) in [4.78, 5) is 35.8. The van der Waals surface area contributed by atoms with Crippen molar-refractivity contribution in [1.82, 2.24) is 15.3 Å². The van der Waals surface area contributed by atoms with Crippen LogP contribution in [0.25, 0.3) is 10.9 Å². The van der Waals surface area contributed by atoms with E-state index in [0.717, 1.165) is 33.3 Å². The Labute approximate surface area is 215 Å². The number of pyridine rings is 1. The van der Waals surface area contributed by atoms with E-state index in [4.69, 9.17) is 16.3 Å². The molecule has 0 aliphatic rings. The highest BCUT2D eigenvalue weighted by Crippen LogP contribution is 2.31. The molecule has 2 heterocycles. The molecular formula is C28H29ClN4O3. The van der Waals surface area contributed by atoms with Crippen LogP contribution >= 0.6 is 11.6 Å². The third-order valence-electron chi connectivity index (χ3n) is 6.33. The molecule has 2 aromatic carbocycles. The molecule has 0 spiro atoms. The van der Waals surface area contributed by atoms with Gasteiger partial charge in [0.1, 0.15) is 6.04 Å². The fraction of sp³-hybridized carbons (Fsp3) is 0.250. The zero-order chi connectivity index (χ0) is 25.8. The lowest BCUT2D eigenvalue weighted by atomic mass is 10.0. The highest BCUT2D eigenvalue weighted by Gasteiger charge is 2.26. The van der Waals surface area contributed by atoms with Gasteiger partial charge in [0, 0.05) is 30.6 Å². The first kappa shape index (κ1) is 25.3. The summed E-state index contributed by atoms with van der Waals surface area (Å²) in [5, 5.41) is 4.54. The number of amides is 2. The monoisotopic (exact) mass is 504 g/mol. The maximum Gasteiger partial charge on any atom is 0.249 e. The van der Waals surface area contributed by atoms with Crippen LogP contribution < -0.4 is 15.0 Å². The number of nitrogens with one attached hydrogen (secondary N) is 2. The first-order valence-corrected chi connectivity index (χ1v) is 12.0. The van der Waals surface area contributed by atoms with Crippen molar-refractivity contribution in [3.63, 3.8) is 0 Å². The number of methoxy groups -OCH3 is 1. The van der Waals surface area contributed by atoms with Crippen molar-refractivity contribution < 1.29 is 14.3 Å². The van der Waals surface area contributed by atoms with Gasteiger partial charge >= 0.3 is 0 Å². The number of aromatic nitrogens is 2. The molecule has 0 unspecified atom stereocenters. The topological polar surface area (TPSA) is 87.3 Å². The minimum atomic E-state index is -0.762. The van der Waals surface area contributed by atoms with E-state index in [1.54, 1.807) is 25.4 Å². The molecule has 7 nitrogen and oxygen atoms in total. The van der Waals surface area contributed by atoms with Crippen LogP contribution in [-0.2, 0) is 22.4 Å². The zero-order valence-electron chi connectivity index (χ0n) is 20.8. The van der Waals surface area contributed by atoms with Gasteiger partial charge in [-0.1, -0.05) is 48.0 Å². The van der Waals surface area contributed by atoms with Gasteiger partial charge in [0.05, 0.1) is 36.0 Å². The van der Waals surface area contributed by atoms with E-state index < -0.39 is 6.04 Å². The number of likely N-dealkylation sites (N-methyl/N-ethyl adjacent to an activating group) is 1. The van der Waals surface area contributed by atoms with E-state index in [2.05, 4.69) is 15.3 Å². The minimum absolute atomic E-state index is 0.124. The van der Waals surface area contributed by atoms with Gasteiger partial charge in [-0.3, -0.25) is 9.59 Å². The van der Waals surface area contributed by atoms with Crippen molar-refractivity contribution in [2.75, 3.05) is 19.1 Å². The molecule has 0 fully saturated rings.